The van der Waals surface area contributed by atoms with Crippen LogP contribution < -0.4 is 4.74 Å². The largest absolute Gasteiger partial charge is 0.493 e. The smallest absolute Gasteiger partial charge is 0.197 e. The van der Waals surface area contributed by atoms with Gasteiger partial charge in [-0.1, -0.05) is 19.9 Å². The third-order valence-electron chi connectivity index (χ3n) is 8.72. The molecule has 8 heteroatoms. The Morgan fingerprint density at radius 1 is 1.03 bits per heavy atom. The van der Waals surface area contributed by atoms with E-state index in [1.165, 1.54) is 75.1 Å². The molecule has 202 valence electrons. The van der Waals surface area contributed by atoms with Gasteiger partial charge in [0.2, 0.25) is 0 Å². The molecule has 2 fully saturated rings. The van der Waals surface area contributed by atoms with Crippen LogP contribution in [-0.2, 0) is 7.05 Å². The van der Waals surface area contributed by atoms with E-state index in [4.69, 9.17) is 9.72 Å². The van der Waals surface area contributed by atoms with Crippen LogP contribution in [0.15, 0.2) is 30.7 Å². The molecule has 0 N–H and O–H groups in total. The molecule has 0 atom stereocenters. The zero-order chi connectivity index (χ0) is 26.4. The molecule has 0 aliphatic carbocycles. The van der Waals surface area contributed by atoms with Gasteiger partial charge in [0.1, 0.15) is 12.2 Å². The summed E-state index contributed by atoms with van der Waals surface area (Å²) in [6.07, 6.45) is 8.65. The van der Waals surface area contributed by atoms with Crippen LogP contribution in [0.3, 0.4) is 0 Å². The van der Waals surface area contributed by atoms with Crippen molar-refractivity contribution in [3.63, 3.8) is 0 Å². The second-order valence-electron chi connectivity index (χ2n) is 11.8. The van der Waals surface area contributed by atoms with E-state index < -0.39 is 0 Å². The Hall–Kier alpha value is -2.97. The maximum absolute atomic E-state index is 5.59. The Kier molecular flexibility index (Phi) is 6.86. The average molecular weight is 516 g/mol. The van der Waals surface area contributed by atoms with Crippen LogP contribution in [0.4, 0.5) is 0 Å². The van der Waals surface area contributed by atoms with Crippen LogP contribution >= 0.6 is 0 Å². The Bertz CT molecular complexity index is 1420. The van der Waals surface area contributed by atoms with Crippen LogP contribution in [0.2, 0.25) is 0 Å². The molecule has 4 aromatic rings. The van der Waals surface area contributed by atoms with Crippen LogP contribution in [0.25, 0.3) is 28.1 Å². The fourth-order valence-electron chi connectivity index (χ4n) is 6.73. The van der Waals surface area contributed by atoms with Gasteiger partial charge in [-0.05, 0) is 93.9 Å². The Labute approximate surface area is 225 Å². The predicted molar refractivity (Wildman–Crippen MR) is 152 cm³/mol. The fourth-order valence-corrected chi connectivity index (χ4v) is 6.73. The minimum Gasteiger partial charge on any atom is -0.493 e. The van der Waals surface area contributed by atoms with Gasteiger partial charge in [-0.3, -0.25) is 0 Å². The Morgan fingerprint density at radius 3 is 2.50 bits per heavy atom. The minimum absolute atomic E-state index is 0.611. The third kappa shape index (κ3) is 4.69. The summed E-state index contributed by atoms with van der Waals surface area (Å²) in [5.74, 6) is 2.98. The molecule has 3 aromatic heterocycles. The SMILES string of the molecule is COc1cc(-c2nc3c(C)cc(C4CCN(C5CCN(CC(C)C)CC5)CC4)cc3n2C)cn2ncnc12. The molecule has 5 heterocycles. The van der Waals surface area contributed by atoms with Gasteiger partial charge in [0, 0.05) is 31.4 Å². The number of methoxy groups -OCH3 is 1. The number of imidazole rings is 1. The third-order valence-corrected chi connectivity index (χ3v) is 8.72. The maximum Gasteiger partial charge on any atom is 0.197 e. The number of fused-ring (bicyclic) bond motifs is 2. The molecule has 2 aliphatic rings. The van der Waals surface area contributed by atoms with Gasteiger partial charge in [0.05, 0.1) is 18.1 Å². The predicted octanol–water partition coefficient (Wildman–Crippen LogP) is 4.90. The first-order valence-corrected chi connectivity index (χ1v) is 14.2. The molecule has 6 rings (SSSR count). The molecule has 0 saturated carbocycles. The van der Waals surface area contributed by atoms with Crippen molar-refractivity contribution in [2.75, 3.05) is 39.8 Å². The summed E-state index contributed by atoms with van der Waals surface area (Å²) in [5.41, 5.74) is 6.63. The molecule has 0 amide bonds. The highest BCUT2D eigenvalue weighted by Gasteiger charge is 2.29. The lowest BCUT2D eigenvalue weighted by Crippen LogP contribution is -2.48. The fraction of sp³-hybridized carbons (Fsp3) is 0.567. The first-order valence-electron chi connectivity index (χ1n) is 14.2. The van der Waals surface area contributed by atoms with Crippen molar-refractivity contribution in [2.45, 2.75) is 58.4 Å². The molecule has 1 aromatic carbocycles. The highest BCUT2D eigenvalue weighted by molar-refractivity contribution is 5.84. The molecule has 0 spiro atoms. The van der Waals surface area contributed by atoms with Gasteiger partial charge in [-0.25, -0.2) is 14.5 Å². The highest BCUT2D eigenvalue weighted by atomic mass is 16.5. The number of nitrogens with zero attached hydrogens (tertiary/aromatic N) is 7. The van der Waals surface area contributed by atoms with Crippen molar-refractivity contribution in [3.05, 3.63) is 41.9 Å². The van der Waals surface area contributed by atoms with Gasteiger partial charge < -0.3 is 19.1 Å². The zero-order valence-electron chi connectivity index (χ0n) is 23.5. The van der Waals surface area contributed by atoms with E-state index in [1.807, 2.05) is 12.3 Å². The summed E-state index contributed by atoms with van der Waals surface area (Å²) < 4.78 is 9.56. The standard InChI is InChI=1S/C30H41N7O/c1-20(2)17-35-10-8-25(9-11-35)36-12-6-22(7-13-36)23-14-21(3)28-26(15-23)34(4)29(33-28)24-16-27(38-5)30-31-19-32-37(30)18-24/h14-16,18-20,22,25H,6-13,17H2,1-5H3. The molecular formula is C30H41N7O. The number of hydrogen-bond acceptors (Lipinski definition) is 6. The summed E-state index contributed by atoms with van der Waals surface area (Å²) in [7, 11) is 3.78. The molecule has 2 aliphatic heterocycles. The second-order valence-corrected chi connectivity index (χ2v) is 11.8. The number of pyridine rings is 1. The number of benzene rings is 1. The van der Waals surface area contributed by atoms with Crippen molar-refractivity contribution < 1.29 is 4.74 Å². The van der Waals surface area contributed by atoms with E-state index in [2.05, 4.69) is 64.4 Å². The lowest BCUT2D eigenvalue weighted by atomic mass is 9.87. The number of likely N-dealkylation sites (tertiary alicyclic amines) is 2. The average Bonchev–Trinajstić information content (AvgIpc) is 3.53. The number of piperidine rings is 2. The van der Waals surface area contributed by atoms with Gasteiger partial charge in [0.15, 0.2) is 11.4 Å². The molecule has 0 radical (unpaired) electrons. The van der Waals surface area contributed by atoms with Gasteiger partial charge in [-0.2, -0.15) is 5.10 Å². The van der Waals surface area contributed by atoms with E-state index in [0.29, 0.717) is 17.3 Å². The van der Waals surface area contributed by atoms with Crippen molar-refractivity contribution in [3.8, 4) is 17.1 Å². The summed E-state index contributed by atoms with van der Waals surface area (Å²) in [6, 6.07) is 7.53. The van der Waals surface area contributed by atoms with Crippen LogP contribution in [-0.4, -0.2) is 79.8 Å². The number of aromatic nitrogens is 5. The number of hydrogen-bond donors (Lipinski definition) is 0. The van der Waals surface area contributed by atoms with Crippen molar-refractivity contribution in [1.82, 2.24) is 33.9 Å². The van der Waals surface area contributed by atoms with E-state index in [0.717, 1.165) is 28.9 Å². The van der Waals surface area contributed by atoms with E-state index in [1.54, 1.807) is 18.0 Å². The normalized spacial score (nSPS) is 18.8. The minimum atomic E-state index is 0.611. The first kappa shape index (κ1) is 25.3. The van der Waals surface area contributed by atoms with Gasteiger partial charge in [-0.15, -0.1) is 0 Å². The zero-order valence-corrected chi connectivity index (χ0v) is 23.5. The second kappa shape index (κ2) is 10.3. The molecule has 0 bridgehead atoms. The van der Waals surface area contributed by atoms with Crippen molar-refractivity contribution >= 4 is 16.7 Å². The monoisotopic (exact) mass is 515 g/mol. The topological polar surface area (TPSA) is 63.7 Å². The van der Waals surface area contributed by atoms with Crippen LogP contribution in [0, 0.1) is 12.8 Å². The number of aryl methyl sites for hydroxylation is 2. The first-order chi connectivity index (χ1) is 18.4. The summed E-state index contributed by atoms with van der Waals surface area (Å²) in [4.78, 5) is 14.8. The summed E-state index contributed by atoms with van der Waals surface area (Å²) in [5, 5.41) is 4.33. The molecular weight excluding hydrogens is 474 g/mol. The molecule has 0 unspecified atom stereocenters. The van der Waals surface area contributed by atoms with Crippen LogP contribution in [0.1, 0.15) is 56.6 Å². The van der Waals surface area contributed by atoms with E-state index in [-0.39, 0.29) is 0 Å². The lowest BCUT2D eigenvalue weighted by molar-refractivity contribution is 0.0828. The molecule has 2 saturated heterocycles. The quantitative estimate of drug-likeness (QED) is 0.364. The molecule has 8 nitrogen and oxygen atoms in total. The lowest BCUT2D eigenvalue weighted by Gasteiger charge is -2.42. The number of rotatable bonds is 6. The highest BCUT2D eigenvalue weighted by Crippen LogP contribution is 2.35. The Morgan fingerprint density at radius 2 is 1.79 bits per heavy atom. The summed E-state index contributed by atoms with van der Waals surface area (Å²) in [6.45, 7) is 13.1. The Balaban J connectivity index is 1.19. The molecule has 38 heavy (non-hydrogen) atoms. The maximum atomic E-state index is 5.59. The van der Waals surface area contributed by atoms with Gasteiger partial charge in [0.25, 0.3) is 0 Å². The van der Waals surface area contributed by atoms with Crippen molar-refractivity contribution in [1.29, 1.82) is 0 Å². The number of ether oxygens (including phenoxy) is 1. The van der Waals surface area contributed by atoms with Crippen LogP contribution in [0.5, 0.6) is 5.75 Å². The van der Waals surface area contributed by atoms with E-state index >= 15 is 0 Å². The van der Waals surface area contributed by atoms with Crippen molar-refractivity contribution in [2.24, 2.45) is 13.0 Å². The van der Waals surface area contributed by atoms with Gasteiger partial charge >= 0.3 is 0 Å². The summed E-state index contributed by atoms with van der Waals surface area (Å²) >= 11 is 0. The van der Waals surface area contributed by atoms with E-state index in [9.17, 15) is 0 Å².